The number of nitrogens with zero attached hydrogens (tertiary/aromatic N) is 3. The van der Waals surface area contributed by atoms with Gasteiger partial charge in [0.2, 0.25) is 0 Å². The summed E-state index contributed by atoms with van der Waals surface area (Å²) in [6.07, 6.45) is -4.34. The maximum Gasteiger partial charge on any atom is 0.470 e. The number of aliphatic imine (C=N–C) groups is 1. The largest absolute Gasteiger partial charge is 0.470 e. The van der Waals surface area contributed by atoms with Crippen LogP contribution in [0.5, 0.6) is 0 Å². The van der Waals surface area contributed by atoms with Crippen LogP contribution in [0.15, 0.2) is 29.3 Å². The molecular formula is C20H29F3N4O3. The summed E-state index contributed by atoms with van der Waals surface area (Å²) < 4.78 is 37.5. The highest BCUT2D eigenvalue weighted by molar-refractivity contribution is 5.99. The Morgan fingerprint density at radius 1 is 1.20 bits per heavy atom. The third-order valence-corrected chi connectivity index (χ3v) is 3.99. The number of benzene rings is 1. The predicted octanol–water partition coefficient (Wildman–Crippen LogP) is 2.82. The molecule has 1 aliphatic heterocycles. The van der Waals surface area contributed by atoms with Crippen LogP contribution in [0, 0.1) is 0 Å². The van der Waals surface area contributed by atoms with E-state index in [2.05, 4.69) is 46.9 Å². The highest BCUT2D eigenvalue weighted by Gasteiger charge is 2.35. The van der Waals surface area contributed by atoms with Crippen molar-refractivity contribution in [3.05, 3.63) is 35.4 Å². The molecule has 0 radical (unpaired) electrons. The molecule has 0 spiro atoms. The van der Waals surface area contributed by atoms with Gasteiger partial charge in [-0.25, -0.2) is 4.79 Å². The van der Waals surface area contributed by atoms with Crippen LogP contribution in [-0.4, -0.2) is 73.1 Å². The Labute approximate surface area is 174 Å². The number of alkyl halides is 3. The Morgan fingerprint density at radius 3 is 2.13 bits per heavy atom. The van der Waals surface area contributed by atoms with Gasteiger partial charge in [0.15, 0.2) is 0 Å². The summed E-state index contributed by atoms with van der Waals surface area (Å²) in [5.41, 5.74) is 5.70. The van der Waals surface area contributed by atoms with E-state index in [0.717, 1.165) is 30.9 Å². The van der Waals surface area contributed by atoms with Gasteiger partial charge in [-0.15, -0.1) is 0 Å². The first kappa shape index (κ1) is 25.3. The molecule has 7 nitrogen and oxygen atoms in total. The third kappa shape index (κ3) is 8.71. The molecule has 0 aromatic heterocycles. The molecule has 30 heavy (non-hydrogen) atoms. The number of primary amides is 1. The summed E-state index contributed by atoms with van der Waals surface area (Å²) in [5.74, 6) is -1.20. The Balaban J connectivity index is 0.000000553. The van der Waals surface area contributed by atoms with Gasteiger partial charge in [0.05, 0.1) is 6.54 Å². The summed E-state index contributed by atoms with van der Waals surface area (Å²) in [6, 6.07) is 8.41. The van der Waals surface area contributed by atoms with Crippen LogP contribution in [-0.2, 0) is 16.0 Å². The smallest absolute Gasteiger partial charge is 0.444 e. The zero-order valence-corrected chi connectivity index (χ0v) is 17.9. The molecule has 10 heteroatoms. The number of nitrogens with two attached hydrogens (primary N) is 1. The van der Waals surface area contributed by atoms with Crippen LogP contribution < -0.4 is 5.73 Å². The normalized spacial score (nSPS) is 13.9. The molecule has 0 aliphatic carbocycles. The molecule has 1 aromatic rings. The van der Waals surface area contributed by atoms with Crippen molar-refractivity contribution in [2.75, 3.05) is 33.7 Å². The van der Waals surface area contributed by atoms with Crippen molar-refractivity contribution in [3.8, 4) is 0 Å². The lowest BCUT2D eigenvalue weighted by atomic mass is 10.1. The van der Waals surface area contributed by atoms with Crippen molar-refractivity contribution < 1.29 is 27.5 Å². The molecule has 0 saturated heterocycles. The van der Waals surface area contributed by atoms with E-state index in [1.54, 1.807) is 11.9 Å². The van der Waals surface area contributed by atoms with E-state index in [-0.39, 0.29) is 6.09 Å². The average Bonchev–Trinajstić information content (AvgIpc) is 3.04. The van der Waals surface area contributed by atoms with E-state index in [1.165, 1.54) is 5.56 Å². The van der Waals surface area contributed by atoms with Gasteiger partial charge in [0.1, 0.15) is 11.4 Å². The monoisotopic (exact) mass is 430 g/mol. The molecule has 0 bridgehead atoms. The molecule has 1 heterocycles. The lowest BCUT2D eigenvalue weighted by molar-refractivity contribution is -0.169. The number of amidine groups is 1. The van der Waals surface area contributed by atoms with E-state index in [9.17, 15) is 18.0 Å². The summed E-state index contributed by atoms with van der Waals surface area (Å²) in [5, 5.41) is 0. The topological polar surface area (TPSA) is 88.2 Å². The minimum Gasteiger partial charge on any atom is -0.444 e. The van der Waals surface area contributed by atoms with Gasteiger partial charge in [-0.1, -0.05) is 24.3 Å². The predicted molar refractivity (Wildman–Crippen MR) is 108 cm³/mol. The lowest BCUT2D eigenvalue weighted by Crippen LogP contribution is -2.35. The maximum absolute atomic E-state index is 11.9. The van der Waals surface area contributed by atoms with Crippen molar-refractivity contribution in [1.82, 2.24) is 9.80 Å². The Bertz CT molecular complexity index is 756. The Kier molecular flexibility index (Phi) is 8.68. The van der Waals surface area contributed by atoms with Crippen LogP contribution in [0.2, 0.25) is 0 Å². The lowest BCUT2D eigenvalue weighted by Gasteiger charge is -2.24. The van der Waals surface area contributed by atoms with Gasteiger partial charge in [0.25, 0.3) is 0 Å². The van der Waals surface area contributed by atoms with Gasteiger partial charge in [-0.05, 0) is 32.8 Å². The molecule has 2 amide bonds. The minimum atomic E-state index is -4.86. The van der Waals surface area contributed by atoms with Gasteiger partial charge in [0, 0.05) is 32.7 Å². The zero-order chi connectivity index (χ0) is 23.1. The standard InChI is InChI=1S/C18H27N3O2.C2H2F3NO/c1-18(2,3)23-17(22)21(5)12-10-14-6-8-15(9-7-14)16-19-11-13-20(16)4;3-2(4,5)1(6)7/h6-9H,10-13H2,1-5H3;(H2,6,7). The highest BCUT2D eigenvalue weighted by Crippen LogP contribution is 2.13. The quantitative estimate of drug-likeness (QED) is 0.796. The van der Waals surface area contributed by atoms with E-state index in [1.807, 2.05) is 20.8 Å². The van der Waals surface area contributed by atoms with Crippen LogP contribution >= 0.6 is 0 Å². The molecular weight excluding hydrogens is 401 g/mol. The van der Waals surface area contributed by atoms with Crippen LogP contribution in [0.25, 0.3) is 0 Å². The van der Waals surface area contributed by atoms with Gasteiger partial charge in [-0.3, -0.25) is 9.79 Å². The first-order valence-corrected chi connectivity index (χ1v) is 9.36. The highest BCUT2D eigenvalue weighted by atomic mass is 19.4. The Hall–Kier alpha value is -2.78. The number of carbonyl (C=O) groups is 2. The van der Waals surface area contributed by atoms with Crippen LogP contribution in [0.4, 0.5) is 18.0 Å². The van der Waals surface area contributed by atoms with Crippen molar-refractivity contribution in [2.45, 2.75) is 39.0 Å². The zero-order valence-electron chi connectivity index (χ0n) is 17.9. The average molecular weight is 430 g/mol. The summed E-state index contributed by atoms with van der Waals surface area (Å²) in [7, 11) is 3.83. The second-order valence-electron chi connectivity index (χ2n) is 7.84. The minimum absolute atomic E-state index is 0.281. The second-order valence-corrected chi connectivity index (χ2v) is 7.84. The fourth-order valence-corrected chi connectivity index (χ4v) is 2.39. The second kappa shape index (κ2) is 10.3. The van der Waals surface area contributed by atoms with Gasteiger partial charge >= 0.3 is 18.2 Å². The number of amides is 2. The molecule has 2 N–H and O–H groups in total. The first-order chi connectivity index (χ1) is 13.7. The molecule has 1 aromatic carbocycles. The van der Waals surface area contributed by atoms with Crippen molar-refractivity contribution >= 4 is 17.8 Å². The Morgan fingerprint density at radius 2 is 1.73 bits per heavy atom. The van der Waals surface area contributed by atoms with Crippen molar-refractivity contribution in [3.63, 3.8) is 0 Å². The van der Waals surface area contributed by atoms with Crippen molar-refractivity contribution in [2.24, 2.45) is 10.7 Å². The molecule has 0 atom stereocenters. The number of hydrogen-bond donors (Lipinski definition) is 1. The van der Waals surface area contributed by atoms with Gasteiger partial charge < -0.3 is 20.3 Å². The molecule has 2 rings (SSSR count). The fourth-order valence-electron chi connectivity index (χ4n) is 2.39. The molecule has 168 valence electrons. The van der Waals surface area contributed by atoms with Crippen LogP contribution in [0.1, 0.15) is 31.9 Å². The summed E-state index contributed by atoms with van der Waals surface area (Å²) in [6.45, 7) is 8.11. The van der Waals surface area contributed by atoms with E-state index in [4.69, 9.17) is 9.53 Å². The number of rotatable bonds is 4. The van der Waals surface area contributed by atoms with Crippen LogP contribution in [0.3, 0.4) is 0 Å². The van der Waals surface area contributed by atoms with E-state index in [0.29, 0.717) is 6.54 Å². The first-order valence-electron chi connectivity index (χ1n) is 9.36. The van der Waals surface area contributed by atoms with E-state index < -0.39 is 17.7 Å². The maximum atomic E-state index is 11.9. The van der Waals surface area contributed by atoms with E-state index >= 15 is 0 Å². The number of carbonyl (C=O) groups excluding carboxylic acids is 2. The van der Waals surface area contributed by atoms with Gasteiger partial charge in [-0.2, -0.15) is 13.2 Å². The fraction of sp³-hybridized carbons (Fsp3) is 0.550. The van der Waals surface area contributed by atoms with Crippen molar-refractivity contribution in [1.29, 1.82) is 0 Å². The number of likely N-dealkylation sites (N-methyl/N-ethyl adjacent to an activating group) is 2. The third-order valence-electron chi connectivity index (χ3n) is 3.99. The molecule has 0 fully saturated rings. The SMILES string of the molecule is CN(CCc1ccc(C2=NCCN2C)cc1)C(=O)OC(C)(C)C.NC(=O)C(F)(F)F. The number of hydrogen-bond acceptors (Lipinski definition) is 5. The molecule has 0 unspecified atom stereocenters. The summed E-state index contributed by atoms with van der Waals surface area (Å²) in [4.78, 5) is 29.4. The summed E-state index contributed by atoms with van der Waals surface area (Å²) >= 11 is 0. The number of ether oxygens (including phenoxy) is 1. The molecule has 1 aliphatic rings. The number of halogens is 3. The molecule has 0 saturated carbocycles.